The summed E-state index contributed by atoms with van der Waals surface area (Å²) in [4.78, 5) is 13.7. The van der Waals surface area contributed by atoms with Crippen molar-refractivity contribution >= 4 is 17.5 Å². The molecule has 0 N–H and O–H groups in total. The Morgan fingerprint density at radius 3 is 2.76 bits per heavy atom. The third kappa shape index (κ3) is 3.47. The van der Waals surface area contributed by atoms with Crippen LogP contribution in [0.1, 0.15) is 29.3 Å². The van der Waals surface area contributed by atoms with Crippen molar-refractivity contribution in [3.8, 4) is 6.07 Å². The fourth-order valence-corrected chi connectivity index (χ4v) is 1.68. The lowest BCUT2D eigenvalue weighted by Gasteiger charge is -2.19. The Hall–Kier alpha value is -1.53. The second-order valence-corrected chi connectivity index (χ2v) is 4.16. The summed E-state index contributed by atoms with van der Waals surface area (Å²) in [6.45, 7) is 4.83. The smallest absolute Gasteiger partial charge is 0.253 e. The van der Waals surface area contributed by atoms with Crippen molar-refractivity contribution < 1.29 is 4.79 Å². The van der Waals surface area contributed by atoms with Crippen LogP contribution in [0.2, 0.25) is 5.02 Å². The SMILES string of the molecule is CCN(CCC#N)C(=O)c1ccc(C)c(Cl)c1. The first-order valence-corrected chi connectivity index (χ1v) is 5.90. The largest absolute Gasteiger partial charge is 0.338 e. The van der Waals surface area contributed by atoms with Crippen LogP contribution in [0.5, 0.6) is 0 Å². The number of benzene rings is 1. The maximum absolute atomic E-state index is 12.1. The van der Waals surface area contributed by atoms with Gasteiger partial charge in [-0.15, -0.1) is 0 Å². The highest BCUT2D eigenvalue weighted by Gasteiger charge is 2.14. The van der Waals surface area contributed by atoms with E-state index in [0.29, 0.717) is 30.1 Å². The van der Waals surface area contributed by atoms with Crippen molar-refractivity contribution in [2.45, 2.75) is 20.3 Å². The number of nitriles is 1. The Kier molecular flexibility index (Phi) is 4.99. The predicted octanol–water partition coefficient (Wildman–Crippen LogP) is 3.02. The number of halogens is 1. The minimum atomic E-state index is -0.0790. The molecule has 1 aromatic rings. The number of nitrogens with zero attached hydrogens (tertiary/aromatic N) is 2. The van der Waals surface area contributed by atoms with Crippen molar-refractivity contribution in [1.82, 2.24) is 4.90 Å². The Bertz CT molecular complexity index is 451. The number of hydrogen-bond acceptors (Lipinski definition) is 2. The minimum absolute atomic E-state index is 0.0790. The molecular weight excluding hydrogens is 236 g/mol. The third-order valence-electron chi connectivity index (χ3n) is 2.58. The number of aryl methyl sites for hydroxylation is 1. The van der Waals surface area contributed by atoms with Crippen LogP contribution in [0, 0.1) is 18.3 Å². The molecule has 0 atom stereocenters. The van der Waals surface area contributed by atoms with Crippen LogP contribution in [-0.4, -0.2) is 23.9 Å². The molecule has 4 heteroatoms. The highest BCUT2D eigenvalue weighted by Crippen LogP contribution is 2.17. The first kappa shape index (κ1) is 13.5. The molecule has 1 aromatic carbocycles. The quantitative estimate of drug-likeness (QED) is 0.825. The third-order valence-corrected chi connectivity index (χ3v) is 2.99. The van der Waals surface area contributed by atoms with Gasteiger partial charge in [-0.3, -0.25) is 4.79 Å². The lowest BCUT2D eigenvalue weighted by Crippen LogP contribution is -2.31. The van der Waals surface area contributed by atoms with Gasteiger partial charge in [0.2, 0.25) is 0 Å². The van der Waals surface area contributed by atoms with Gasteiger partial charge in [0, 0.05) is 23.7 Å². The topological polar surface area (TPSA) is 44.1 Å². The van der Waals surface area contributed by atoms with Gasteiger partial charge >= 0.3 is 0 Å². The summed E-state index contributed by atoms with van der Waals surface area (Å²) in [6.07, 6.45) is 0.346. The molecule has 0 spiro atoms. The van der Waals surface area contributed by atoms with Gasteiger partial charge < -0.3 is 4.90 Å². The summed E-state index contributed by atoms with van der Waals surface area (Å²) in [5.74, 6) is -0.0790. The van der Waals surface area contributed by atoms with E-state index in [9.17, 15) is 4.79 Å². The van der Waals surface area contributed by atoms with Crippen LogP contribution < -0.4 is 0 Å². The summed E-state index contributed by atoms with van der Waals surface area (Å²) < 4.78 is 0. The summed E-state index contributed by atoms with van der Waals surface area (Å²) in [6, 6.07) is 7.30. The lowest BCUT2D eigenvalue weighted by molar-refractivity contribution is 0.0768. The van der Waals surface area contributed by atoms with Crippen LogP contribution in [0.25, 0.3) is 0 Å². The minimum Gasteiger partial charge on any atom is -0.338 e. The molecule has 0 aliphatic heterocycles. The van der Waals surface area contributed by atoms with E-state index >= 15 is 0 Å². The number of carbonyl (C=O) groups is 1. The zero-order valence-electron chi connectivity index (χ0n) is 10.0. The Balaban J connectivity index is 2.86. The zero-order chi connectivity index (χ0) is 12.8. The number of rotatable bonds is 4. The fourth-order valence-electron chi connectivity index (χ4n) is 1.50. The number of hydrogen-bond donors (Lipinski definition) is 0. The van der Waals surface area contributed by atoms with Crippen molar-refractivity contribution in [1.29, 1.82) is 5.26 Å². The Morgan fingerprint density at radius 1 is 1.53 bits per heavy atom. The summed E-state index contributed by atoms with van der Waals surface area (Å²) >= 11 is 5.99. The second kappa shape index (κ2) is 6.27. The maximum atomic E-state index is 12.1. The van der Waals surface area contributed by atoms with Gasteiger partial charge in [-0.05, 0) is 31.5 Å². The molecule has 0 radical (unpaired) electrons. The van der Waals surface area contributed by atoms with E-state index in [1.807, 2.05) is 26.0 Å². The first-order chi connectivity index (χ1) is 8.10. The average Bonchev–Trinajstić information content (AvgIpc) is 2.33. The van der Waals surface area contributed by atoms with Gasteiger partial charge in [0.05, 0.1) is 12.5 Å². The monoisotopic (exact) mass is 250 g/mol. The molecule has 0 aliphatic carbocycles. The van der Waals surface area contributed by atoms with Crippen LogP contribution in [0.4, 0.5) is 0 Å². The standard InChI is InChI=1S/C13H15ClN2O/c1-3-16(8-4-7-15)13(17)11-6-5-10(2)12(14)9-11/h5-6,9H,3-4,8H2,1-2H3. The van der Waals surface area contributed by atoms with Gasteiger partial charge in [-0.25, -0.2) is 0 Å². The summed E-state index contributed by atoms with van der Waals surface area (Å²) in [5, 5.41) is 9.12. The molecule has 0 heterocycles. The fraction of sp³-hybridized carbons (Fsp3) is 0.385. The van der Waals surface area contributed by atoms with E-state index in [0.717, 1.165) is 5.56 Å². The lowest BCUT2D eigenvalue weighted by atomic mass is 10.1. The highest BCUT2D eigenvalue weighted by molar-refractivity contribution is 6.31. The Morgan fingerprint density at radius 2 is 2.24 bits per heavy atom. The second-order valence-electron chi connectivity index (χ2n) is 3.76. The number of carbonyl (C=O) groups excluding carboxylic acids is 1. The van der Waals surface area contributed by atoms with Crippen molar-refractivity contribution in [3.63, 3.8) is 0 Å². The molecule has 1 rings (SSSR count). The van der Waals surface area contributed by atoms with Gasteiger partial charge in [-0.1, -0.05) is 17.7 Å². The highest BCUT2D eigenvalue weighted by atomic mass is 35.5. The molecule has 0 aliphatic rings. The molecule has 0 bridgehead atoms. The van der Waals surface area contributed by atoms with Crippen molar-refractivity contribution in [2.75, 3.05) is 13.1 Å². The molecule has 17 heavy (non-hydrogen) atoms. The molecule has 0 fully saturated rings. The maximum Gasteiger partial charge on any atom is 0.253 e. The molecule has 0 saturated carbocycles. The van der Waals surface area contributed by atoms with Gasteiger partial charge in [-0.2, -0.15) is 5.26 Å². The van der Waals surface area contributed by atoms with Crippen LogP contribution in [-0.2, 0) is 0 Å². The molecular formula is C13H15ClN2O. The molecule has 3 nitrogen and oxygen atoms in total. The van der Waals surface area contributed by atoms with Crippen LogP contribution >= 0.6 is 11.6 Å². The molecule has 90 valence electrons. The summed E-state index contributed by atoms with van der Waals surface area (Å²) in [7, 11) is 0. The van der Waals surface area contributed by atoms with Crippen molar-refractivity contribution in [3.05, 3.63) is 34.3 Å². The Labute approximate surface area is 107 Å². The normalized spacial score (nSPS) is 9.76. The molecule has 0 saturated heterocycles. The molecule has 1 amide bonds. The van der Waals surface area contributed by atoms with E-state index in [-0.39, 0.29) is 5.91 Å². The van der Waals surface area contributed by atoms with Crippen molar-refractivity contribution in [2.24, 2.45) is 0 Å². The molecule has 0 aromatic heterocycles. The van der Waals surface area contributed by atoms with E-state index in [1.165, 1.54) is 0 Å². The summed E-state index contributed by atoms with van der Waals surface area (Å²) in [5.41, 5.74) is 1.52. The molecule has 0 unspecified atom stereocenters. The van der Waals surface area contributed by atoms with E-state index in [4.69, 9.17) is 16.9 Å². The average molecular weight is 251 g/mol. The van der Waals surface area contributed by atoms with Gasteiger partial charge in [0.15, 0.2) is 0 Å². The van der Waals surface area contributed by atoms with E-state index in [1.54, 1.807) is 17.0 Å². The predicted molar refractivity (Wildman–Crippen MR) is 68.0 cm³/mol. The first-order valence-electron chi connectivity index (χ1n) is 5.52. The van der Waals surface area contributed by atoms with E-state index < -0.39 is 0 Å². The van der Waals surface area contributed by atoms with Crippen LogP contribution in [0.3, 0.4) is 0 Å². The van der Waals surface area contributed by atoms with Gasteiger partial charge in [0.25, 0.3) is 5.91 Å². The van der Waals surface area contributed by atoms with E-state index in [2.05, 4.69) is 0 Å². The van der Waals surface area contributed by atoms with Gasteiger partial charge in [0.1, 0.15) is 0 Å². The van der Waals surface area contributed by atoms with Crippen LogP contribution in [0.15, 0.2) is 18.2 Å². The zero-order valence-corrected chi connectivity index (χ0v) is 10.8. The number of amides is 1.